The summed E-state index contributed by atoms with van der Waals surface area (Å²) >= 11 is 0. The van der Waals surface area contributed by atoms with Gasteiger partial charge in [-0.3, -0.25) is 4.98 Å². The molecule has 52 valence electrons. The van der Waals surface area contributed by atoms with Crippen molar-refractivity contribution in [1.82, 2.24) is 4.98 Å². The highest BCUT2D eigenvalue weighted by Crippen LogP contribution is 2.39. The average molecular weight is 139 g/mol. The summed E-state index contributed by atoms with van der Waals surface area (Å²) in [5.74, 6) is -1.90. The Morgan fingerprint density at radius 1 is 1.70 bits per heavy atom. The number of aromatic nitrogens is 1. The molecule has 1 saturated carbocycles. The molecule has 2 N–H and O–H groups in total. The fraction of sp³-hybridized carbons (Fsp3) is 0.375. The number of anilines is 1. The van der Waals surface area contributed by atoms with E-state index in [1.54, 1.807) is 0 Å². The van der Waals surface area contributed by atoms with Gasteiger partial charge in [0.15, 0.2) is 0 Å². The van der Waals surface area contributed by atoms with Gasteiger partial charge in [0, 0.05) is 19.2 Å². The van der Waals surface area contributed by atoms with E-state index < -0.39 is 18.6 Å². The third kappa shape index (κ3) is 0.967. The predicted octanol–water partition coefficient (Wildman–Crippen LogP) is 1.54. The Balaban J connectivity index is 2.51. The summed E-state index contributed by atoms with van der Waals surface area (Å²) < 4.78 is 37.6. The number of hydrogen-bond acceptors (Lipinski definition) is 2. The van der Waals surface area contributed by atoms with Crippen LogP contribution in [-0.2, 0) is 0 Å². The maximum Gasteiger partial charge on any atom is 0.0503 e. The van der Waals surface area contributed by atoms with Crippen LogP contribution in [0.25, 0.3) is 0 Å². The van der Waals surface area contributed by atoms with E-state index >= 15 is 0 Å². The smallest absolute Gasteiger partial charge is 0.0503 e. The predicted molar refractivity (Wildman–Crippen MR) is 40.6 cm³/mol. The molecule has 0 bridgehead atoms. The van der Waals surface area contributed by atoms with Crippen LogP contribution in [0, 0.1) is 0 Å². The van der Waals surface area contributed by atoms with Crippen molar-refractivity contribution in [1.29, 1.82) is 0 Å². The van der Waals surface area contributed by atoms with E-state index in [-0.39, 0.29) is 5.56 Å². The van der Waals surface area contributed by atoms with Gasteiger partial charge in [-0.15, -0.1) is 0 Å². The van der Waals surface area contributed by atoms with Crippen LogP contribution in [0.4, 0.5) is 5.69 Å². The van der Waals surface area contributed by atoms with Crippen LogP contribution < -0.4 is 5.73 Å². The second-order valence-electron chi connectivity index (χ2n) is 2.13. The van der Waals surface area contributed by atoms with Crippen LogP contribution >= 0.6 is 0 Å². The molecule has 1 aliphatic carbocycles. The Bertz CT molecular complexity index is 403. The van der Waals surface area contributed by atoms with E-state index in [1.807, 2.05) is 0 Å². The lowest BCUT2D eigenvalue weighted by molar-refractivity contribution is 1.10. The van der Waals surface area contributed by atoms with Gasteiger partial charge < -0.3 is 5.73 Å². The number of nitrogen functional groups attached to an aromatic ring is 1. The molecule has 10 heavy (non-hydrogen) atoms. The molecule has 0 saturated heterocycles. The first kappa shape index (κ1) is 2.53. The van der Waals surface area contributed by atoms with Crippen LogP contribution in [0.3, 0.4) is 0 Å². The monoisotopic (exact) mass is 139 g/mol. The molecule has 1 aromatic rings. The van der Waals surface area contributed by atoms with Gasteiger partial charge in [-0.2, -0.15) is 0 Å². The van der Waals surface area contributed by atoms with Crippen molar-refractivity contribution < 1.29 is 6.85 Å². The lowest BCUT2D eigenvalue weighted by Gasteiger charge is -1.96. The zero-order valence-corrected chi connectivity index (χ0v) is 5.26. The van der Waals surface area contributed by atoms with Gasteiger partial charge in [0.25, 0.3) is 0 Å². The van der Waals surface area contributed by atoms with E-state index in [0.717, 1.165) is 0 Å². The van der Waals surface area contributed by atoms with E-state index in [2.05, 4.69) is 4.98 Å². The standard InChI is InChI=1S/C8H10N2/c9-8-3-7(4-10-5-8)6-1-2-6/h3-6H,1-2,9H2/i1D2,2D2,6D. The number of hydrogen-bond donors (Lipinski definition) is 1. The number of nitrogens with two attached hydrogens (primary N) is 1. The minimum Gasteiger partial charge on any atom is -0.397 e. The molecule has 0 radical (unpaired) electrons. The van der Waals surface area contributed by atoms with Crippen molar-refractivity contribution in [2.45, 2.75) is 18.6 Å². The number of nitrogens with zero attached hydrogens (tertiary/aromatic N) is 1. The molecule has 0 atom stereocenters. The van der Waals surface area contributed by atoms with Crippen LogP contribution in [0.2, 0.25) is 0 Å². The summed E-state index contributed by atoms with van der Waals surface area (Å²) in [5, 5.41) is 0. The Hall–Kier alpha value is -1.05. The second kappa shape index (κ2) is 1.97. The quantitative estimate of drug-likeness (QED) is 0.641. The van der Waals surface area contributed by atoms with Crippen molar-refractivity contribution in [2.24, 2.45) is 0 Å². The average Bonchev–Trinajstić information content (AvgIpc) is 2.45. The molecule has 2 rings (SSSR count). The lowest BCUT2D eigenvalue weighted by Crippen LogP contribution is -1.88. The summed E-state index contributed by atoms with van der Waals surface area (Å²) in [4.78, 5) is 3.74. The molecule has 1 fully saturated rings. The molecule has 2 nitrogen and oxygen atoms in total. The first-order valence-corrected chi connectivity index (χ1v) is 2.96. The number of rotatable bonds is 1. The molecule has 0 unspecified atom stereocenters. The maximum absolute atomic E-state index is 7.84. The van der Waals surface area contributed by atoms with Gasteiger partial charge in [0.05, 0.1) is 5.69 Å². The largest absolute Gasteiger partial charge is 0.397 e. The van der Waals surface area contributed by atoms with Crippen molar-refractivity contribution in [3.05, 3.63) is 24.0 Å². The third-order valence-corrected chi connectivity index (χ3v) is 1.30. The molecule has 1 heterocycles. The molecule has 0 aromatic carbocycles. The van der Waals surface area contributed by atoms with Crippen LogP contribution in [0.1, 0.15) is 31.1 Å². The zero-order chi connectivity index (χ0) is 11.5. The molecule has 2 heteroatoms. The lowest BCUT2D eigenvalue weighted by atomic mass is 10.2. The van der Waals surface area contributed by atoms with Gasteiger partial charge in [0.1, 0.15) is 0 Å². The van der Waals surface area contributed by atoms with Gasteiger partial charge in [-0.1, -0.05) is 0 Å². The summed E-state index contributed by atoms with van der Waals surface area (Å²) in [7, 11) is 0. The molecular weight excluding hydrogens is 124 g/mol. The van der Waals surface area contributed by atoms with Gasteiger partial charge in [0.2, 0.25) is 0 Å². The molecule has 0 aliphatic heterocycles. The van der Waals surface area contributed by atoms with Crippen molar-refractivity contribution in [3.63, 3.8) is 0 Å². The maximum atomic E-state index is 7.84. The third-order valence-electron chi connectivity index (χ3n) is 1.30. The molecule has 0 spiro atoms. The Morgan fingerprint density at radius 3 is 3.10 bits per heavy atom. The van der Waals surface area contributed by atoms with Crippen LogP contribution in [-0.4, -0.2) is 4.98 Å². The van der Waals surface area contributed by atoms with Crippen LogP contribution in [0.5, 0.6) is 0 Å². The molecule has 1 aliphatic rings. The Kier molecular flexibility index (Phi) is 0.499. The van der Waals surface area contributed by atoms with E-state index in [0.29, 0.717) is 5.69 Å². The first-order chi connectivity index (χ1) is 6.75. The summed E-state index contributed by atoms with van der Waals surface area (Å²) in [6.45, 7) is 0. The summed E-state index contributed by atoms with van der Waals surface area (Å²) in [6.07, 6.45) is -1.74. The van der Waals surface area contributed by atoms with Crippen LogP contribution in [0.15, 0.2) is 18.5 Å². The molecular formula is C8H10N2. The summed E-state index contributed by atoms with van der Waals surface area (Å²) in [5.41, 5.74) is 5.95. The number of pyridine rings is 1. The van der Waals surface area contributed by atoms with Crippen molar-refractivity contribution >= 4 is 5.69 Å². The highest BCUT2D eigenvalue weighted by molar-refractivity contribution is 5.39. The normalized spacial score (nSPS) is 37.8. The van der Waals surface area contributed by atoms with Crippen molar-refractivity contribution in [2.75, 3.05) is 5.73 Å². The first-order valence-electron chi connectivity index (χ1n) is 5.46. The SMILES string of the molecule is [2H]C1([2H])C([2H])([2H])C1([2H])c1cncc(N)c1. The van der Waals surface area contributed by atoms with Gasteiger partial charge in [-0.25, -0.2) is 0 Å². The fourth-order valence-corrected chi connectivity index (χ4v) is 0.770. The zero-order valence-electron chi connectivity index (χ0n) is 10.3. The topological polar surface area (TPSA) is 38.9 Å². The Morgan fingerprint density at radius 2 is 2.50 bits per heavy atom. The van der Waals surface area contributed by atoms with Crippen molar-refractivity contribution in [3.8, 4) is 0 Å². The Labute approximate surface area is 67.1 Å². The second-order valence-corrected chi connectivity index (χ2v) is 2.13. The van der Waals surface area contributed by atoms with Gasteiger partial charge >= 0.3 is 0 Å². The van der Waals surface area contributed by atoms with E-state index in [1.165, 1.54) is 18.5 Å². The highest BCUT2D eigenvalue weighted by Gasteiger charge is 2.23. The van der Waals surface area contributed by atoms with E-state index in [4.69, 9.17) is 12.6 Å². The summed E-state index contributed by atoms with van der Waals surface area (Å²) in [6, 6.07) is 1.39. The highest BCUT2D eigenvalue weighted by atomic mass is 14.7. The minimum atomic E-state index is -2.20. The van der Waals surface area contributed by atoms with E-state index in [9.17, 15) is 0 Å². The molecule has 1 aromatic heterocycles. The van der Waals surface area contributed by atoms with Gasteiger partial charge in [-0.05, 0) is 30.3 Å². The minimum absolute atomic E-state index is 0.178. The fourth-order valence-electron chi connectivity index (χ4n) is 0.770. The molecule has 0 amide bonds.